The number of hydrogen-bond donors (Lipinski definition) is 0. The van der Waals surface area contributed by atoms with Crippen LogP contribution in [0.3, 0.4) is 0 Å². The summed E-state index contributed by atoms with van der Waals surface area (Å²) in [6.45, 7) is 3.55. The van der Waals surface area contributed by atoms with E-state index < -0.39 is 17.4 Å². The van der Waals surface area contributed by atoms with Crippen LogP contribution in [0, 0.1) is 11.3 Å². The van der Waals surface area contributed by atoms with Gasteiger partial charge in [-0.2, -0.15) is 0 Å². The average molecular weight is 224 g/mol. The van der Waals surface area contributed by atoms with E-state index in [9.17, 15) is 9.59 Å². The lowest BCUT2D eigenvalue weighted by molar-refractivity contribution is -0.162. The van der Waals surface area contributed by atoms with Crippen molar-refractivity contribution < 1.29 is 19.1 Å². The Kier molecular flexibility index (Phi) is 3.88. The van der Waals surface area contributed by atoms with Crippen molar-refractivity contribution in [1.82, 2.24) is 0 Å². The van der Waals surface area contributed by atoms with E-state index in [0.717, 1.165) is 0 Å². The van der Waals surface area contributed by atoms with Crippen LogP contribution >= 0.6 is 0 Å². The zero-order valence-electron chi connectivity index (χ0n) is 9.56. The fraction of sp³-hybridized carbons (Fsp3) is 0.500. The van der Waals surface area contributed by atoms with Crippen LogP contribution in [-0.2, 0) is 19.1 Å². The normalized spacial score (nSPS) is 21.5. The highest BCUT2D eigenvalue weighted by molar-refractivity contribution is 6.03. The number of carbonyl (C=O) groups excluding carboxylic acids is 2. The van der Waals surface area contributed by atoms with E-state index in [4.69, 9.17) is 0 Å². The van der Waals surface area contributed by atoms with Crippen molar-refractivity contribution in [2.24, 2.45) is 11.3 Å². The Hall–Kier alpha value is -1.58. The van der Waals surface area contributed by atoms with Crippen LogP contribution in [0.25, 0.3) is 0 Å². The first-order valence-electron chi connectivity index (χ1n) is 5.07. The number of rotatable bonds is 5. The van der Waals surface area contributed by atoms with Gasteiger partial charge < -0.3 is 9.47 Å². The fourth-order valence-corrected chi connectivity index (χ4v) is 1.90. The third-order valence-corrected chi connectivity index (χ3v) is 2.90. The Morgan fingerprint density at radius 1 is 1.38 bits per heavy atom. The molecule has 0 aromatic carbocycles. The van der Waals surface area contributed by atoms with Gasteiger partial charge in [0.25, 0.3) is 0 Å². The summed E-state index contributed by atoms with van der Waals surface area (Å²) in [4.78, 5) is 23.1. The first kappa shape index (κ1) is 12.5. The molecule has 4 nitrogen and oxygen atoms in total. The Morgan fingerprint density at radius 2 is 1.94 bits per heavy atom. The summed E-state index contributed by atoms with van der Waals surface area (Å²) >= 11 is 0. The minimum atomic E-state index is -1.07. The predicted molar refractivity (Wildman–Crippen MR) is 58.5 cm³/mol. The van der Waals surface area contributed by atoms with E-state index in [1.165, 1.54) is 14.2 Å². The van der Waals surface area contributed by atoms with Crippen LogP contribution in [0.5, 0.6) is 0 Å². The molecule has 88 valence electrons. The monoisotopic (exact) mass is 224 g/mol. The number of allylic oxidation sites excluding steroid dienone is 3. The number of ether oxygens (including phenoxy) is 2. The lowest BCUT2D eigenvalue weighted by Gasteiger charge is -2.11. The minimum Gasteiger partial charge on any atom is -0.468 e. The molecule has 1 saturated carbocycles. The largest absolute Gasteiger partial charge is 0.468 e. The van der Waals surface area contributed by atoms with Gasteiger partial charge in [0.1, 0.15) is 0 Å². The third kappa shape index (κ3) is 2.01. The molecule has 0 N–H and O–H groups in total. The van der Waals surface area contributed by atoms with Crippen molar-refractivity contribution in [2.75, 3.05) is 14.2 Å². The van der Waals surface area contributed by atoms with Crippen LogP contribution in [0.2, 0.25) is 0 Å². The second kappa shape index (κ2) is 4.96. The molecule has 0 aromatic heterocycles. The van der Waals surface area contributed by atoms with Crippen LogP contribution in [0.1, 0.15) is 12.8 Å². The van der Waals surface area contributed by atoms with Gasteiger partial charge in [-0.1, -0.05) is 24.8 Å². The molecule has 0 amide bonds. The molecule has 1 unspecified atom stereocenters. The Morgan fingerprint density at radius 3 is 2.38 bits per heavy atom. The molecule has 1 fully saturated rings. The highest BCUT2D eigenvalue weighted by Gasteiger charge is 2.67. The van der Waals surface area contributed by atoms with E-state index in [2.05, 4.69) is 16.1 Å². The molecule has 0 bridgehead atoms. The summed E-state index contributed by atoms with van der Waals surface area (Å²) in [5, 5.41) is 0. The van der Waals surface area contributed by atoms with Crippen molar-refractivity contribution in [2.45, 2.75) is 12.8 Å². The molecule has 16 heavy (non-hydrogen) atoms. The molecular formula is C12H16O4. The first-order chi connectivity index (χ1) is 7.63. The number of esters is 2. The fourth-order valence-electron chi connectivity index (χ4n) is 1.90. The van der Waals surface area contributed by atoms with Crippen LogP contribution in [0.15, 0.2) is 24.8 Å². The van der Waals surface area contributed by atoms with Gasteiger partial charge in [0, 0.05) is 0 Å². The van der Waals surface area contributed by atoms with E-state index in [1.54, 1.807) is 12.2 Å². The van der Waals surface area contributed by atoms with E-state index in [-0.39, 0.29) is 5.92 Å². The molecule has 0 aromatic rings. The quantitative estimate of drug-likeness (QED) is 0.403. The second-order valence-electron chi connectivity index (χ2n) is 3.76. The first-order valence-corrected chi connectivity index (χ1v) is 5.07. The van der Waals surface area contributed by atoms with Crippen LogP contribution < -0.4 is 0 Å². The molecular weight excluding hydrogens is 208 g/mol. The van der Waals surface area contributed by atoms with Crippen LogP contribution in [0.4, 0.5) is 0 Å². The smallest absolute Gasteiger partial charge is 0.323 e. The summed E-state index contributed by atoms with van der Waals surface area (Å²) in [6.07, 6.45) is 6.47. The zero-order valence-corrected chi connectivity index (χ0v) is 9.56. The number of carbonyl (C=O) groups is 2. The molecule has 1 atom stereocenters. The second-order valence-corrected chi connectivity index (χ2v) is 3.76. The summed E-state index contributed by atoms with van der Waals surface area (Å²) in [5.41, 5.74) is -1.07. The maximum absolute atomic E-state index is 11.6. The van der Waals surface area contributed by atoms with Gasteiger partial charge in [-0.3, -0.25) is 9.59 Å². The highest BCUT2D eigenvalue weighted by atomic mass is 16.5. The van der Waals surface area contributed by atoms with E-state index in [0.29, 0.717) is 12.8 Å². The van der Waals surface area contributed by atoms with Crippen molar-refractivity contribution in [3.05, 3.63) is 24.8 Å². The molecule has 0 saturated heterocycles. The molecule has 1 rings (SSSR count). The summed E-state index contributed by atoms with van der Waals surface area (Å²) in [6, 6.07) is 0. The van der Waals surface area contributed by atoms with Crippen molar-refractivity contribution in [3.8, 4) is 0 Å². The Labute approximate surface area is 94.9 Å². The maximum atomic E-state index is 11.6. The Balaban J connectivity index is 2.72. The van der Waals surface area contributed by atoms with Crippen molar-refractivity contribution >= 4 is 11.9 Å². The molecule has 0 radical (unpaired) electrons. The van der Waals surface area contributed by atoms with E-state index >= 15 is 0 Å². The highest BCUT2D eigenvalue weighted by Crippen LogP contribution is 2.56. The summed E-state index contributed by atoms with van der Waals surface area (Å²) in [7, 11) is 2.56. The SMILES string of the molecule is C=CC=CCC1CC1(C(=O)OC)C(=O)OC. The minimum absolute atomic E-state index is 0.0244. The maximum Gasteiger partial charge on any atom is 0.323 e. The van der Waals surface area contributed by atoms with Gasteiger partial charge in [-0.05, 0) is 18.8 Å². The predicted octanol–water partition coefficient (Wildman–Crippen LogP) is 1.47. The van der Waals surface area contributed by atoms with Gasteiger partial charge in [-0.25, -0.2) is 0 Å². The molecule has 4 heteroatoms. The third-order valence-electron chi connectivity index (χ3n) is 2.90. The average Bonchev–Trinajstić information content (AvgIpc) is 3.03. The molecule has 0 aliphatic heterocycles. The van der Waals surface area contributed by atoms with Gasteiger partial charge in [0.05, 0.1) is 14.2 Å². The number of hydrogen-bond acceptors (Lipinski definition) is 4. The summed E-state index contributed by atoms with van der Waals surface area (Å²) in [5.74, 6) is -1.03. The van der Waals surface area contributed by atoms with Crippen molar-refractivity contribution in [3.63, 3.8) is 0 Å². The van der Waals surface area contributed by atoms with Gasteiger partial charge >= 0.3 is 11.9 Å². The molecule has 0 spiro atoms. The standard InChI is InChI=1S/C12H16O4/c1-4-5-6-7-9-8-12(9,10(13)15-2)11(14)16-3/h4-6,9H,1,7-8H2,2-3H3. The lowest BCUT2D eigenvalue weighted by atomic mass is 10.0. The molecule has 1 aliphatic rings. The van der Waals surface area contributed by atoms with Gasteiger partial charge in [0.15, 0.2) is 5.41 Å². The summed E-state index contributed by atoms with van der Waals surface area (Å²) < 4.78 is 9.31. The Bertz CT molecular complexity index is 314. The van der Waals surface area contributed by atoms with Gasteiger partial charge in [0.2, 0.25) is 0 Å². The lowest BCUT2D eigenvalue weighted by Crippen LogP contribution is -2.30. The number of methoxy groups -OCH3 is 2. The molecule has 0 heterocycles. The van der Waals surface area contributed by atoms with Crippen molar-refractivity contribution in [1.29, 1.82) is 0 Å². The molecule has 1 aliphatic carbocycles. The van der Waals surface area contributed by atoms with Crippen LogP contribution in [-0.4, -0.2) is 26.2 Å². The topological polar surface area (TPSA) is 52.6 Å². The van der Waals surface area contributed by atoms with Gasteiger partial charge in [-0.15, -0.1) is 0 Å². The zero-order chi connectivity index (χ0) is 12.2. The van der Waals surface area contributed by atoms with E-state index in [1.807, 2.05) is 6.08 Å².